The zero-order chi connectivity index (χ0) is 35.1. The quantitative estimate of drug-likeness (QED) is 0.201. The fraction of sp³-hybridized carbons (Fsp3) is 0.308. The summed E-state index contributed by atoms with van der Waals surface area (Å²) in [6, 6.07) is 22.1. The number of aromatic hydroxyl groups is 1. The molecule has 2 amide bonds. The largest absolute Gasteiger partial charge is 0.508 e. The number of aryl methyl sites for hydroxylation is 2. The van der Waals surface area contributed by atoms with Crippen molar-refractivity contribution in [3.05, 3.63) is 118 Å². The van der Waals surface area contributed by atoms with Gasteiger partial charge in [-0.3, -0.25) is 24.1 Å². The van der Waals surface area contributed by atoms with Crippen molar-refractivity contribution >= 4 is 47.2 Å². The molecule has 1 N–H and O–H groups in total. The molecule has 1 fully saturated rings. The number of hydrogen-bond acceptors (Lipinski definition) is 6. The summed E-state index contributed by atoms with van der Waals surface area (Å²) in [6.45, 7) is 8.08. The van der Waals surface area contributed by atoms with E-state index in [0.29, 0.717) is 64.2 Å². The van der Waals surface area contributed by atoms with Gasteiger partial charge in [0, 0.05) is 85.7 Å². The average Bonchev–Trinajstić information content (AvgIpc) is 3.60. The molecule has 0 saturated carbocycles. The SMILES string of the molecule is Cc1nn(C)cc1N(C(=O)c1cc(-c2cc(Cl)ccc2C(=O)N2Cc3ccccc3C[C@H]2CN2CCOCC2)n(C)c1C)c1ccc(O)cc1.Cl. The normalized spacial score (nSPS) is 16.0. The number of fused-ring (bicyclic) bond motifs is 1. The molecule has 0 radical (unpaired) electrons. The molecule has 2 aliphatic heterocycles. The molecule has 2 aliphatic rings. The van der Waals surface area contributed by atoms with Crippen LogP contribution in [0.15, 0.2) is 79.0 Å². The van der Waals surface area contributed by atoms with Gasteiger partial charge in [-0.25, -0.2) is 0 Å². The summed E-state index contributed by atoms with van der Waals surface area (Å²) in [5.74, 6) is -0.239. The van der Waals surface area contributed by atoms with Crippen LogP contribution in [0.3, 0.4) is 0 Å². The molecule has 1 saturated heterocycles. The molecule has 0 unspecified atom stereocenters. The van der Waals surface area contributed by atoms with Crippen molar-refractivity contribution in [3.63, 3.8) is 0 Å². The van der Waals surface area contributed by atoms with E-state index >= 15 is 0 Å². The molecule has 7 rings (SSSR count). The minimum Gasteiger partial charge on any atom is -0.508 e. The van der Waals surface area contributed by atoms with Gasteiger partial charge in [0.25, 0.3) is 11.8 Å². The number of halogens is 2. The Balaban J connectivity index is 0.00000448. The van der Waals surface area contributed by atoms with Crippen molar-refractivity contribution in [3.8, 4) is 17.0 Å². The third-order valence-corrected chi connectivity index (χ3v) is 10.2. The van der Waals surface area contributed by atoms with E-state index in [1.54, 1.807) is 52.2 Å². The highest BCUT2D eigenvalue weighted by Gasteiger charge is 2.34. The Kier molecular flexibility index (Phi) is 10.6. The van der Waals surface area contributed by atoms with Crippen LogP contribution in [0.1, 0.15) is 43.2 Å². The molecule has 266 valence electrons. The molecule has 4 heterocycles. The number of rotatable bonds is 7. The van der Waals surface area contributed by atoms with Crippen molar-refractivity contribution < 1.29 is 19.4 Å². The number of phenols is 1. The van der Waals surface area contributed by atoms with Gasteiger partial charge in [0.15, 0.2) is 0 Å². The lowest BCUT2D eigenvalue weighted by molar-refractivity contribution is 0.0193. The van der Waals surface area contributed by atoms with Crippen molar-refractivity contribution in [2.75, 3.05) is 37.7 Å². The number of aromatic nitrogens is 3. The van der Waals surface area contributed by atoms with Gasteiger partial charge < -0.3 is 19.3 Å². The standard InChI is InChI=1S/C39H41ClN6O4.ClH/c1-25-37(24-42(3)41-25)46(30-10-12-32(47)13-11-30)39(49)34-21-36(43(4)26(34)2)35-20-29(40)9-14-33(35)38(48)45-22-28-8-6-5-7-27(28)19-31(45)23-44-15-17-50-18-16-44;/h5-14,20-21,24,31,47H,15-19,22-23H2,1-4H3;1H/t31-;/m0./s1. The Bertz CT molecular complexity index is 2070. The molecule has 3 aromatic carbocycles. The van der Waals surface area contributed by atoms with Gasteiger partial charge in [-0.1, -0.05) is 35.9 Å². The predicted octanol–water partition coefficient (Wildman–Crippen LogP) is 6.70. The lowest BCUT2D eigenvalue weighted by Gasteiger charge is -2.40. The average molecular weight is 730 g/mol. The number of benzene rings is 3. The van der Waals surface area contributed by atoms with Crippen LogP contribution in [0.25, 0.3) is 11.3 Å². The maximum Gasteiger partial charge on any atom is 0.264 e. The highest BCUT2D eigenvalue weighted by atomic mass is 35.5. The summed E-state index contributed by atoms with van der Waals surface area (Å²) in [5.41, 5.74) is 7.40. The third kappa shape index (κ3) is 7.14. The highest BCUT2D eigenvalue weighted by Crippen LogP contribution is 2.36. The molecular formula is C39H42Cl2N6O4. The third-order valence-electron chi connectivity index (χ3n) is 9.98. The van der Waals surface area contributed by atoms with Crippen molar-refractivity contribution in [2.45, 2.75) is 32.9 Å². The predicted molar refractivity (Wildman–Crippen MR) is 201 cm³/mol. The van der Waals surface area contributed by atoms with Crippen LogP contribution in [0.4, 0.5) is 11.4 Å². The van der Waals surface area contributed by atoms with E-state index in [1.165, 1.54) is 5.56 Å². The van der Waals surface area contributed by atoms with Crippen molar-refractivity contribution in [1.82, 2.24) is 24.1 Å². The topological polar surface area (TPSA) is 96.1 Å². The van der Waals surface area contributed by atoms with Crippen LogP contribution in [0.2, 0.25) is 5.02 Å². The molecule has 1 atom stereocenters. The van der Waals surface area contributed by atoms with Crippen LogP contribution in [-0.4, -0.2) is 80.0 Å². The molecule has 10 nitrogen and oxygen atoms in total. The summed E-state index contributed by atoms with van der Waals surface area (Å²) >= 11 is 6.63. The number of nitrogens with zero attached hydrogens (tertiary/aromatic N) is 6. The van der Waals surface area contributed by atoms with Gasteiger partial charge in [0.05, 0.1) is 30.2 Å². The number of carbonyl (C=O) groups is 2. The van der Waals surface area contributed by atoms with Crippen molar-refractivity contribution in [2.24, 2.45) is 14.1 Å². The molecule has 2 aromatic heterocycles. The molecular weight excluding hydrogens is 687 g/mol. The molecule has 0 spiro atoms. The Morgan fingerprint density at radius 2 is 1.67 bits per heavy atom. The fourth-order valence-electron chi connectivity index (χ4n) is 7.21. The summed E-state index contributed by atoms with van der Waals surface area (Å²) < 4.78 is 9.21. The second-order valence-corrected chi connectivity index (χ2v) is 13.6. The van der Waals surface area contributed by atoms with E-state index in [4.69, 9.17) is 16.3 Å². The molecule has 0 aliphatic carbocycles. The molecule has 12 heteroatoms. The highest BCUT2D eigenvalue weighted by molar-refractivity contribution is 6.31. The van der Waals surface area contributed by atoms with E-state index in [1.807, 2.05) is 55.6 Å². The first-order valence-corrected chi connectivity index (χ1v) is 17.2. The molecule has 0 bridgehead atoms. The van der Waals surface area contributed by atoms with Crippen molar-refractivity contribution in [1.29, 1.82) is 0 Å². The van der Waals surface area contributed by atoms with Crippen LogP contribution in [0, 0.1) is 13.8 Å². The Labute approximate surface area is 309 Å². The van der Waals surface area contributed by atoms with Crippen LogP contribution in [0.5, 0.6) is 5.75 Å². The number of morpholine rings is 1. The van der Waals surface area contributed by atoms with Gasteiger partial charge in [0.1, 0.15) is 5.75 Å². The number of phenolic OH excluding ortho intramolecular Hbond substituents is 1. The number of hydrogen-bond donors (Lipinski definition) is 1. The maximum atomic E-state index is 14.8. The first-order valence-electron chi connectivity index (χ1n) is 16.9. The first-order chi connectivity index (χ1) is 24.1. The lowest BCUT2D eigenvalue weighted by Crippen LogP contribution is -2.52. The van der Waals surface area contributed by atoms with E-state index in [0.717, 1.165) is 37.3 Å². The molecule has 51 heavy (non-hydrogen) atoms. The zero-order valence-corrected chi connectivity index (χ0v) is 30.7. The van der Waals surface area contributed by atoms with E-state index < -0.39 is 0 Å². The summed E-state index contributed by atoms with van der Waals surface area (Å²) in [5, 5.41) is 15.0. The monoisotopic (exact) mass is 728 g/mol. The molecule has 5 aromatic rings. The Morgan fingerprint density at radius 1 is 0.961 bits per heavy atom. The lowest BCUT2D eigenvalue weighted by atomic mass is 9.92. The van der Waals surface area contributed by atoms with Gasteiger partial charge in [-0.2, -0.15) is 5.10 Å². The van der Waals surface area contributed by atoms with E-state index in [-0.39, 0.29) is 36.0 Å². The fourth-order valence-corrected chi connectivity index (χ4v) is 7.38. The Hall–Kier alpha value is -4.61. The van der Waals surface area contributed by atoms with E-state index in [2.05, 4.69) is 28.2 Å². The second-order valence-electron chi connectivity index (χ2n) is 13.2. The summed E-state index contributed by atoms with van der Waals surface area (Å²) in [7, 11) is 3.71. The second kappa shape index (κ2) is 14.9. The number of carbonyl (C=O) groups excluding carboxylic acids is 2. The number of anilines is 2. The number of amides is 2. The minimum atomic E-state index is -0.265. The summed E-state index contributed by atoms with van der Waals surface area (Å²) in [4.78, 5) is 35.4. The Morgan fingerprint density at radius 3 is 2.35 bits per heavy atom. The van der Waals surface area contributed by atoms with Gasteiger partial charge >= 0.3 is 0 Å². The zero-order valence-electron chi connectivity index (χ0n) is 29.2. The number of ether oxygens (including phenoxy) is 1. The van der Waals surface area contributed by atoms with Gasteiger partial charge in [-0.15, -0.1) is 12.4 Å². The van der Waals surface area contributed by atoms with Crippen LogP contribution < -0.4 is 4.90 Å². The van der Waals surface area contributed by atoms with Crippen LogP contribution >= 0.6 is 24.0 Å². The van der Waals surface area contributed by atoms with Crippen LogP contribution in [-0.2, 0) is 31.8 Å². The van der Waals surface area contributed by atoms with Gasteiger partial charge in [0.2, 0.25) is 0 Å². The minimum absolute atomic E-state index is 0. The maximum absolute atomic E-state index is 14.8. The first kappa shape index (κ1) is 36.2. The van der Waals surface area contributed by atoms with E-state index in [9.17, 15) is 14.7 Å². The van der Waals surface area contributed by atoms with Gasteiger partial charge in [-0.05, 0) is 79.9 Å². The smallest absolute Gasteiger partial charge is 0.264 e. The summed E-state index contributed by atoms with van der Waals surface area (Å²) in [6.07, 6.45) is 2.57.